The van der Waals surface area contributed by atoms with E-state index in [1.54, 1.807) is 19.4 Å². The molecular formula is C23H27N3O3. The number of aromatic nitrogens is 2. The monoisotopic (exact) mass is 393 g/mol. The number of anilines is 2. The molecule has 1 saturated carbocycles. The SMILES string of the molecule is CCn1ccc2cc(Nc3ncc(C4CC4)cc3C(=O)O)cc(CCCOC)c21. The molecule has 1 aliphatic carbocycles. The number of rotatable bonds is 9. The van der Waals surface area contributed by atoms with Crippen LogP contribution in [0.5, 0.6) is 0 Å². The Labute approximate surface area is 170 Å². The highest BCUT2D eigenvalue weighted by atomic mass is 16.5. The quantitative estimate of drug-likeness (QED) is 0.503. The van der Waals surface area contributed by atoms with Gasteiger partial charge in [0.15, 0.2) is 0 Å². The van der Waals surface area contributed by atoms with Gasteiger partial charge in [0.2, 0.25) is 0 Å². The van der Waals surface area contributed by atoms with Crippen molar-refractivity contribution in [2.24, 2.45) is 0 Å². The van der Waals surface area contributed by atoms with E-state index in [0.29, 0.717) is 18.3 Å². The number of fused-ring (bicyclic) bond motifs is 1. The number of aromatic carboxylic acids is 1. The van der Waals surface area contributed by atoms with Crippen molar-refractivity contribution in [3.8, 4) is 0 Å². The van der Waals surface area contributed by atoms with Crippen molar-refractivity contribution in [2.75, 3.05) is 19.0 Å². The van der Waals surface area contributed by atoms with Crippen LogP contribution in [0.2, 0.25) is 0 Å². The fraction of sp³-hybridized carbons (Fsp3) is 0.391. The molecule has 2 heterocycles. The van der Waals surface area contributed by atoms with Crippen LogP contribution in [-0.4, -0.2) is 34.3 Å². The molecule has 1 fully saturated rings. The summed E-state index contributed by atoms with van der Waals surface area (Å²) in [5.41, 5.74) is 4.54. The van der Waals surface area contributed by atoms with Crippen molar-refractivity contribution in [3.05, 3.63) is 53.3 Å². The highest BCUT2D eigenvalue weighted by Crippen LogP contribution is 2.40. The van der Waals surface area contributed by atoms with Gasteiger partial charge >= 0.3 is 5.97 Å². The van der Waals surface area contributed by atoms with Crippen LogP contribution in [0.3, 0.4) is 0 Å². The molecule has 6 heteroatoms. The number of hydrogen-bond donors (Lipinski definition) is 2. The number of carboxylic acid groups (broad SMARTS) is 1. The minimum absolute atomic E-state index is 0.224. The zero-order chi connectivity index (χ0) is 20.4. The number of hydrogen-bond acceptors (Lipinski definition) is 4. The van der Waals surface area contributed by atoms with E-state index in [1.165, 1.54) is 11.1 Å². The van der Waals surface area contributed by atoms with Gasteiger partial charge in [-0.25, -0.2) is 9.78 Å². The lowest BCUT2D eigenvalue weighted by atomic mass is 10.0. The lowest BCUT2D eigenvalue weighted by Gasteiger charge is -2.14. The number of nitrogens with zero attached hydrogens (tertiary/aromatic N) is 2. The van der Waals surface area contributed by atoms with E-state index < -0.39 is 5.97 Å². The first-order valence-electron chi connectivity index (χ1n) is 10.2. The molecule has 0 atom stereocenters. The first-order valence-corrected chi connectivity index (χ1v) is 10.2. The number of benzene rings is 1. The van der Waals surface area contributed by atoms with E-state index in [9.17, 15) is 9.90 Å². The van der Waals surface area contributed by atoms with E-state index in [2.05, 4.69) is 46.2 Å². The molecule has 4 rings (SSSR count). The largest absolute Gasteiger partial charge is 0.478 e. The second-order valence-electron chi connectivity index (χ2n) is 7.64. The van der Waals surface area contributed by atoms with Crippen molar-refractivity contribution in [1.29, 1.82) is 0 Å². The van der Waals surface area contributed by atoms with Crippen molar-refractivity contribution in [2.45, 2.75) is 45.1 Å². The summed E-state index contributed by atoms with van der Waals surface area (Å²) in [4.78, 5) is 16.3. The number of aryl methyl sites for hydroxylation is 2. The van der Waals surface area contributed by atoms with Crippen LogP contribution < -0.4 is 5.32 Å². The maximum Gasteiger partial charge on any atom is 0.339 e. The standard InChI is InChI=1S/C23H27N3O3/c1-3-26-9-8-17-12-19(11-16(21(17)26)5-4-10-29-2)25-22-20(23(27)28)13-18(14-24-22)15-6-7-15/h8-9,11-15H,3-7,10H2,1-2H3,(H,24,25)(H,27,28). The second-order valence-corrected chi connectivity index (χ2v) is 7.64. The van der Waals surface area contributed by atoms with Gasteiger partial charge in [-0.1, -0.05) is 0 Å². The summed E-state index contributed by atoms with van der Waals surface area (Å²) in [7, 11) is 1.71. The Morgan fingerprint density at radius 2 is 2.17 bits per heavy atom. The summed E-state index contributed by atoms with van der Waals surface area (Å²) in [6, 6.07) is 8.03. The number of carbonyl (C=O) groups is 1. The highest BCUT2D eigenvalue weighted by Gasteiger charge is 2.26. The summed E-state index contributed by atoms with van der Waals surface area (Å²) < 4.78 is 7.46. The molecule has 0 amide bonds. The van der Waals surface area contributed by atoms with Crippen LogP contribution in [0.15, 0.2) is 36.7 Å². The molecule has 29 heavy (non-hydrogen) atoms. The Hall–Kier alpha value is -2.86. The molecule has 0 saturated heterocycles. The Balaban J connectivity index is 1.69. The van der Waals surface area contributed by atoms with Crippen LogP contribution in [0.4, 0.5) is 11.5 Å². The summed E-state index contributed by atoms with van der Waals surface area (Å²) in [6.07, 6.45) is 7.95. The predicted octanol–water partition coefficient (Wildman–Crippen LogP) is 4.95. The van der Waals surface area contributed by atoms with Crippen molar-refractivity contribution in [3.63, 3.8) is 0 Å². The van der Waals surface area contributed by atoms with Crippen LogP contribution in [-0.2, 0) is 17.7 Å². The van der Waals surface area contributed by atoms with Crippen molar-refractivity contribution < 1.29 is 14.6 Å². The van der Waals surface area contributed by atoms with Gasteiger partial charge < -0.3 is 19.7 Å². The normalized spacial score (nSPS) is 13.7. The average molecular weight is 393 g/mol. The molecule has 0 aliphatic heterocycles. The zero-order valence-corrected chi connectivity index (χ0v) is 16.9. The van der Waals surface area contributed by atoms with Gasteiger partial charge in [-0.3, -0.25) is 0 Å². The van der Waals surface area contributed by atoms with Gasteiger partial charge in [0.05, 0.1) is 5.52 Å². The van der Waals surface area contributed by atoms with E-state index in [0.717, 1.165) is 48.9 Å². The number of methoxy groups -OCH3 is 1. The Kier molecular flexibility index (Phi) is 5.53. The number of nitrogens with one attached hydrogen (secondary N) is 1. The molecule has 3 aromatic rings. The minimum Gasteiger partial charge on any atom is -0.478 e. The maximum atomic E-state index is 11.8. The molecule has 0 unspecified atom stereocenters. The van der Waals surface area contributed by atoms with Gasteiger partial charge in [0.25, 0.3) is 0 Å². The van der Waals surface area contributed by atoms with E-state index in [4.69, 9.17) is 4.74 Å². The van der Waals surface area contributed by atoms with E-state index in [-0.39, 0.29) is 5.56 Å². The Morgan fingerprint density at radius 3 is 2.86 bits per heavy atom. The fourth-order valence-corrected chi connectivity index (χ4v) is 3.89. The molecule has 2 aromatic heterocycles. The molecule has 152 valence electrons. The Bertz CT molecular complexity index is 1040. The summed E-state index contributed by atoms with van der Waals surface area (Å²) in [5, 5.41) is 14.1. The minimum atomic E-state index is -0.957. The second kappa shape index (κ2) is 8.25. The zero-order valence-electron chi connectivity index (χ0n) is 16.9. The van der Waals surface area contributed by atoms with Crippen LogP contribution >= 0.6 is 0 Å². The first-order chi connectivity index (χ1) is 14.1. The van der Waals surface area contributed by atoms with Gasteiger partial charge in [0, 0.05) is 43.7 Å². The van der Waals surface area contributed by atoms with Gasteiger partial charge in [-0.15, -0.1) is 0 Å². The smallest absolute Gasteiger partial charge is 0.339 e. The molecule has 6 nitrogen and oxygen atoms in total. The van der Waals surface area contributed by atoms with Crippen molar-refractivity contribution >= 4 is 28.4 Å². The van der Waals surface area contributed by atoms with Crippen LogP contribution in [0.25, 0.3) is 10.9 Å². The molecule has 1 aromatic carbocycles. The third kappa shape index (κ3) is 4.12. The number of ether oxygens (including phenoxy) is 1. The van der Waals surface area contributed by atoms with Crippen molar-refractivity contribution in [1.82, 2.24) is 9.55 Å². The summed E-state index contributed by atoms with van der Waals surface area (Å²) in [5.74, 6) is -0.104. The summed E-state index contributed by atoms with van der Waals surface area (Å²) >= 11 is 0. The molecular weight excluding hydrogens is 366 g/mol. The topological polar surface area (TPSA) is 76.4 Å². The molecule has 2 N–H and O–H groups in total. The first kappa shape index (κ1) is 19.5. The van der Waals surface area contributed by atoms with Crippen LogP contribution in [0.1, 0.15) is 53.6 Å². The number of carboxylic acids is 1. The van der Waals surface area contributed by atoms with Gasteiger partial charge in [-0.2, -0.15) is 0 Å². The highest BCUT2D eigenvalue weighted by molar-refractivity contribution is 5.95. The van der Waals surface area contributed by atoms with E-state index in [1.807, 2.05) is 0 Å². The Morgan fingerprint density at radius 1 is 1.34 bits per heavy atom. The van der Waals surface area contributed by atoms with E-state index >= 15 is 0 Å². The molecule has 0 spiro atoms. The lowest BCUT2D eigenvalue weighted by Crippen LogP contribution is -2.06. The molecule has 1 aliphatic rings. The van der Waals surface area contributed by atoms with Crippen LogP contribution in [0, 0.1) is 0 Å². The average Bonchev–Trinajstić information content (AvgIpc) is 3.48. The summed E-state index contributed by atoms with van der Waals surface area (Å²) in [6.45, 7) is 3.75. The lowest BCUT2D eigenvalue weighted by molar-refractivity contribution is 0.0697. The third-order valence-electron chi connectivity index (χ3n) is 5.53. The van der Waals surface area contributed by atoms with Gasteiger partial charge in [0.1, 0.15) is 11.4 Å². The predicted molar refractivity (Wildman–Crippen MR) is 114 cm³/mol. The fourth-order valence-electron chi connectivity index (χ4n) is 3.89. The third-order valence-corrected chi connectivity index (χ3v) is 5.53. The number of pyridine rings is 1. The molecule has 0 bridgehead atoms. The van der Waals surface area contributed by atoms with Gasteiger partial charge in [-0.05, 0) is 73.9 Å². The maximum absolute atomic E-state index is 11.8. The molecule has 0 radical (unpaired) electrons.